The Balaban J connectivity index is 2.24. The monoisotopic (exact) mass is 717 g/mol. The molecule has 7 heteroatoms. The fourth-order valence-corrected chi connectivity index (χ4v) is 6.68. The molecule has 296 valence electrons. The minimum atomic E-state index is -0.607. The molecule has 0 radical (unpaired) electrons. The molecule has 0 bridgehead atoms. The summed E-state index contributed by atoms with van der Waals surface area (Å²) in [5, 5.41) is 0. The van der Waals surface area contributed by atoms with Gasteiger partial charge in [-0.05, 0) is 78.3 Å². The molecule has 1 saturated heterocycles. The number of hydrogen-bond acceptors (Lipinski definition) is 6. The average molecular weight is 717 g/mol. The fourth-order valence-electron chi connectivity index (χ4n) is 6.68. The van der Waals surface area contributed by atoms with Gasteiger partial charge in [0, 0.05) is 12.8 Å². The van der Waals surface area contributed by atoms with E-state index in [1.807, 2.05) is 19.0 Å². The maximum absolute atomic E-state index is 12.8. The number of unbranched alkanes of at least 4 members (excludes halogenated alkanes) is 22. The van der Waals surface area contributed by atoms with Crippen molar-refractivity contribution in [3.8, 4) is 0 Å². The van der Waals surface area contributed by atoms with Crippen LogP contribution in [0.15, 0.2) is 24.3 Å². The number of allylic oxidation sites excluding steroid dienone is 4. The Morgan fingerprint density at radius 1 is 0.510 bits per heavy atom. The van der Waals surface area contributed by atoms with E-state index >= 15 is 0 Å². The summed E-state index contributed by atoms with van der Waals surface area (Å²) in [6.45, 7) is 5.34. The van der Waals surface area contributed by atoms with Crippen LogP contribution in [0, 0.1) is 0 Å². The second-order valence-electron chi connectivity index (χ2n) is 15.3. The van der Waals surface area contributed by atoms with Crippen LogP contribution in [-0.4, -0.2) is 73.6 Å². The minimum absolute atomic E-state index is 0.0471. The lowest BCUT2D eigenvalue weighted by Crippen LogP contribution is -2.37. The Kier molecular flexibility index (Phi) is 30.9. The molecule has 1 fully saturated rings. The Morgan fingerprint density at radius 3 is 1.16 bits per heavy atom. The number of likely N-dealkylation sites (N-methyl/N-ethyl adjacent to an activating group) is 1. The van der Waals surface area contributed by atoms with E-state index in [4.69, 9.17) is 9.47 Å². The van der Waals surface area contributed by atoms with Gasteiger partial charge in [0.05, 0.1) is 19.6 Å². The van der Waals surface area contributed by atoms with Gasteiger partial charge in [-0.2, -0.15) is 0 Å². The van der Waals surface area contributed by atoms with E-state index < -0.39 is 12.2 Å². The second kappa shape index (κ2) is 33.7. The van der Waals surface area contributed by atoms with Gasteiger partial charge in [0.15, 0.2) is 12.2 Å². The number of esters is 2. The van der Waals surface area contributed by atoms with Crippen LogP contribution in [0.4, 0.5) is 0 Å². The maximum Gasteiger partial charge on any atom is 0.306 e. The van der Waals surface area contributed by atoms with Crippen LogP contribution >= 0.6 is 0 Å². The van der Waals surface area contributed by atoms with Gasteiger partial charge in [-0.25, -0.2) is 0 Å². The molecule has 0 N–H and O–H groups in total. The molecular formula is C44H80N2O5. The molecular weight excluding hydrogens is 636 g/mol. The van der Waals surface area contributed by atoms with Crippen molar-refractivity contribution in [1.29, 1.82) is 0 Å². The summed E-state index contributed by atoms with van der Waals surface area (Å²) in [6.07, 6.45) is 40.3. The fraction of sp³-hybridized carbons (Fsp3) is 0.841. The third-order valence-corrected chi connectivity index (χ3v) is 9.87. The van der Waals surface area contributed by atoms with Crippen molar-refractivity contribution in [1.82, 2.24) is 9.80 Å². The predicted octanol–water partition coefficient (Wildman–Crippen LogP) is 11.3. The van der Waals surface area contributed by atoms with Crippen LogP contribution < -0.4 is 0 Å². The van der Waals surface area contributed by atoms with E-state index in [1.54, 1.807) is 4.90 Å². The molecule has 7 nitrogen and oxygen atoms in total. The quantitative estimate of drug-likeness (QED) is 0.0375. The van der Waals surface area contributed by atoms with Crippen LogP contribution in [-0.2, 0) is 23.9 Å². The molecule has 0 spiro atoms. The average Bonchev–Trinajstić information content (AvgIpc) is 3.49. The van der Waals surface area contributed by atoms with Crippen molar-refractivity contribution in [2.45, 2.75) is 206 Å². The van der Waals surface area contributed by atoms with Gasteiger partial charge in [-0.15, -0.1) is 0 Å². The first-order valence-electron chi connectivity index (χ1n) is 21.5. The van der Waals surface area contributed by atoms with Gasteiger partial charge in [0.1, 0.15) is 0 Å². The number of hydrogen-bond donors (Lipinski definition) is 0. The summed E-state index contributed by atoms with van der Waals surface area (Å²) in [6, 6.07) is 0. The largest absolute Gasteiger partial charge is 0.456 e. The Hall–Kier alpha value is -2.15. The Bertz CT molecular complexity index is 855. The number of rotatable bonds is 34. The van der Waals surface area contributed by atoms with Gasteiger partial charge in [-0.3, -0.25) is 14.4 Å². The summed E-state index contributed by atoms with van der Waals surface area (Å²) < 4.78 is 11.6. The molecule has 0 aliphatic carbocycles. The zero-order chi connectivity index (χ0) is 37.2. The minimum Gasteiger partial charge on any atom is -0.456 e. The van der Waals surface area contributed by atoms with Crippen molar-refractivity contribution < 1.29 is 23.9 Å². The van der Waals surface area contributed by atoms with Gasteiger partial charge < -0.3 is 19.3 Å². The molecule has 1 amide bonds. The van der Waals surface area contributed by atoms with Crippen molar-refractivity contribution in [2.75, 3.05) is 33.7 Å². The molecule has 1 rings (SSSR count). The van der Waals surface area contributed by atoms with Gasteiger partial charge in [0.2, 0.25) is 5.91 Å². The molecule has 0 saturated carbocycles. The zero-order valence-corrected chi connectivity index (χ0v) is 33.8. The van der Waals surface area contributed by atoms with E-state index in [2.05, 4.69) is 38.2 Å². The molecule has 0 aromatic rings. The van der Waals surface area contributed by atoms with Crippen LogP contribution in [0.3, 0.4) is 0 Å². The highest BCUT2D eigenvalue weighted by Gasteiger charge is 2.40. The number of carbonyl (C=O) groups excluding carboxylic acids is 3. The van der Waals surface area contributed by atoms with E-state index in [1.165, 1.54) is 116 Å². The number of carbonyl (C=O) groups is 3. The Labute approximate surface area is 314 Å². The molecule has 1 aliphatic rings. The third kappa shape index (κ3) is 28.1. The highest BCUT2D eigenvalue weighted by atomic mass is 16.6. The van der Waals surface area contributed by atoms with Crippen LogP contribution in [0.2, 0.25) is 0 Å². The molecule has 1 aliphatic heterocycles. The maximum atomic E-state index is 12.8. The standard InChI is InChI=1S/C44H80N2O5/c1-5-7-9-11-13-15-17-19-21-23-25-27-29-31-33-35-43(48)50-40-37-46(42(47)39-45(3)4)38-41(40)51-44(49)36-34-32-30-28-26-24-22-20-18-16-14-12-10-8-6-2/h19-22,40-41H,5-18,23-39H2,1-4H3/b21-19-,22-20-/t40-,41-/m1/s1. The molecule has 2 atom stereocenters. The lowest BCUT2D eigenvalue weighted by atomic mass is 10.1. The zero-order valence-electron chi connectivity index (χ0n) is 33.8. The highest BCUT2D eigenvalue weighted by molar-refractivity contribution is 5.79. The van der Waals surface area contributed by atoms with E-state index in [0.717, 1.165) is 51.4 Å². The molecule has 0 aromatic heterocycles. The first kappa shape index (κ1) is 46.9. The van der Waals surface area contributed by atoms with Gasteiger partial charge >= 0.3 is 11.9 Å². The van der Waals surface area contributed by atoms with Crippen molar-refractivity contribution in [3.05, 3.63) is 24.3 Å². The van der Waals surface area contributed by atoms with Crippen molar-refractivity contribution in [2.24, 2.45) is 0 Å². The van der Waals surface area contributed by atoms with E-state index in [-0.39, 0.29) is 37.5 Å². The lowest BCUT2D eigenvalue weighted by Gasteiger charge is -2.19. The normalized spacial score (nSPS) is 16.2. The predicted molar refractivity (Wildman–Crippen MR) is 214 cm³/mol. The number of amides is 1. The van der Waals surface area contributed by atoms with Crippen molar-refractivity contribution >= 4 is 17.8 Å². The summed E-state index contributed by atoms with van der Waals surface area (Å²) in [7, 11) is 3.70. The molecule has 1 heterocycles. The molecule has 51 heavy (non-hydrogen) atoms. The molecule has 0 unspecified atom stereocenters. The summed E-state index contributed by atoms with van der Waals surface area (Å²) in [5.41, 5.74) is 0. The lowest BCUT2D eigenvalue weighted by molar-refractivity contribution is -0.164. The van der Waals surface area contributed by atoms with Crippen LogP contribution in [0.1, 0.15) is 194 Å². The highest BCUT2D eigenvalue weighted by Crippen LogP contribution is 2.21. The summed E-state index contributed by atoms with van der Waals surface area (Å²) in [5.74, 6) is -0.579. The van der Waals surface area contributed by atoms with Crippen molar-refractivity contribution in [3.63, 3.8) is 0 Å². The SMILES string of the molecule is CCCCCCCC/C=C\CCCCCCCC(=O)O[C@@H]1CN(C(=O)CN(C)C)C[C@H]1OC(=O)CCCCCCC/C=C\CCCCCCCC. The summed E-state index contributed by atoms with van der Waals surface area (Å²) >= 11 is 0. The van der Waals surface area contributed by atoms with E-state index in [0.29, 0.717) is 12.8 Å². The van der Waals surface area contributed by atoms with Gasteiger partial charge in [-0.1, -0.05) is 141 Å². The topological polar surface area (TPSA) is 76.2 Å². The molecule has 0 aromatic carbocycles. The third-order valence-electron chi connectivity index (χ3n) is 9.87. The number of nitrogens with zero attached hydrogens (tertiary/aromatic N) is 2. The smallest absolute Gasteiger partial charge is 0.306 e. The number of ether oxygens (including phenoxy) is 2. The number of likely N-dealkylation sites (tertiary alicyclic amines) is 1. The first-order valence-corrected chi connectivity index (χ1v) is 21.5. The van der Waals surface area contributed by atoms with Crippen LogP contribution in [0.5, 0.6) is 0 Å². The summed E-state index contributed by atoms with van der Waals surface area (Å²) in [4.78, 5) is 41.8. The second-order valence-corrected chi connectivity index (χ2v) is 15.3. The first-order chi connectivity index (χ1) is 24.9. The van der Waals surface area contributed by atoms with Crippen LogP contribution in [0.25, 0.3) is 0 Å². The Morgan fingerprint density at radius 2 is 0.824 bits per heavy atom. The van der Waals surface area contributed by atoms with Gasteiger partial charge in [0.25, 0.3) is 0 Å². The van der Waals surface area contributed by atoms with E-state index in [9.17, 15) is 14.4 Å².